The van der Waals surface area contributed by atoms with E-state index >= 15 is 0 Å². The molecule has 0 fully saturated rings. The zero-order chi connectivity index (χ0) is 24.9. The van der Waals surface area contributed by atoms with Crippen LogP contribution in [0.25, 0.3) is 16.6 Å². The number of methoxy groups -OCH3 is 1. The maximum atomic E-state index is 13.6. The number of amides is 1. The Morgan fingerprint density at radius 3 is 2.34 bits per heavy atom. The highest BCUT2D eigenvalue weighted by atomic mass is 35.5. The maximum Gasteiger partial charge on any atom is 0.266 e. The molecule has 0 radical (unpaired) electrons. The van der Waals surface area contributed by atoms with Crippen LogP contribution in [0.4, 0.5) is 0 Å². The lowest BCUT2D eigenvalue weighted by Gasteiger charge is -2.29. The standard InChI is InChI=1S/C27H26ClN3O4/c1-4-30(25(32)17-35-22-13-9-19(28)10-14-22)18(2)26-29-24-8-6-5-7-23(24)27(33)31(26)20-11-15-21(34-3)16-12-20/h5-16,18H,4,17H2,1-3H3. The molecule has 4 rings (SSSR count). The first kappa shape index (κ1) is 24.3. The van der Waals surface area contributed by atoms with Gasteiger partial charge in [0.15, 0.2) is 6.61 Å². The number of carbonyl (C=O) groups excluding carboxylic acids is 1. The van der Waals surface area contributed by atoms with Crippen LogP contribution in [0.3, 0.4) is 0 Å². The number of hydrogen-bond donors (Lipinski definition) is 0. The molecule has 0 aliphatic carbocycles. The van der Waals surface area contributed by atoms with Crippen molar-refractivity contribution >= 4 is 28.4 Å². The lowest BCUT2D eigenvalue weighted by Crippen LogP contribution is -2.39. The zero-order valence-corrected chi connectivity index (χ0v) is 20.5. The smallest absolute Gasteiger partial charge is 0.266 e. The van der Waals surface area contributed by atoms with E-state index in [1.54, 1.807) is 77.2 Å². The van der Waals surface area contributed by atoms with E-state index in [0.29, 0.717) is 45.5 Å². The Morgan fingerprint density at radius 1 is 1.03 bits per heavy atom. The molecular weight excluding hydrogens is 466 g/mol. The minimum atomic E-state index is -0.499. The summed E-state index contributed by atoms with van der Waals surface area (Å²) >= 11 is 5.92. The number of likely N-dealkylation sites (N-methyl/N-ethyl adjacent to an activating group) is 1. The fraction of sp³-hybridized carbons (Fsp3) is 0.222. The molecule has 1 atom stereocenters. The Morgan fingerprint density at radius 2 is 1.69 bits per heavy atom. The monoisotopic (exact) mass is 491 g/mol. The highest BCUT2D eigenvalue weighted by Gasteiger charge is 2.26. The summed E-state index contributed by atoms with van der Waals surface area (Å²) in [4.78, 5) is 33.2. The molecule has 7 nitrogen and oxygen atoms in total. The van der Waals surface area contributed by atoms with Crippen molar-refractivity contribution in [1.29, 1.82) is 0 Å². The number of ether oxygens (including phenoxy) is 2. The van der Waals surface area contributed by atoms with Gasteiger partial charge >= 0.3 is 0 Å². The minimum Gasteiger partial charge on any atom is -0.497 e. The molecule has 1 aromatic heterocycles. The van der Waals surface area contributed by atoms with Crippen LogP contribution in [0.2, 0.25) is 5.02 Å². The van der Waals surface area contributed by atoms with E-state index < -0.39 is 6.04 Å². The van der Waals surface area contributed by atoms with Gasteiger partial charge in [0.25, 0.3) is 11.5 Å². The predicted molar refractivity (Wildman–Crippen MR) is 137 cm³/mol. The first-order chi connectivity index (χ1) is 16.9. The SMILES string of the molecule is CCN(C(=O)COc1ccc(Cl)cc1)C(C)c1nc2ccccc2c(=O)n1-c1ccc(OC)cc1. The third-order valence-electron chi connectivity index (χ3n) is 5.81. The van der Waals surface area contributed by atoms with Gasteiger partial charge in [-0.3, -0.25) is 14.2 Å². The third kappa shape index (κ3) is 5.15. The van der Waals surface area contributed by atoms with Crippen LogP contribution in [-0.2, 0) is 4.79 Å². The average molecular weight is 492 g/mol. The molecule has 1 heterocycles. The molecule has 0 bridgehead atoms. The fourth-order valence-electron chi connectivity index (χ4n) is 3.98. The van der Waals surface area contributed by atoms with Crippen molar-refractivity contribution in [3.8, 4) is 17.2 Å². The summed E-state index contributed by atoms with van der Waals surface area (Å²) in [5, 5.41) is 1.09. The second-order valence-corrected chi connectivity index (χ2v) is 8.36. The van der Waals surface area contributed by atoms with Gasteiger partial charge in [-0.25, -0.2) is 4.98 Å². The van der Waals surface area contributed by atoms with Crippen molar-refractivity contribution in [2.75, 3.05) is 20.3 Å². The van der Waals surface area contributed by atoms with Gasteiger partial charge in [0.2, 0.25) is 0 Å². The van der Waals surface area contributed by atoms with Gasteiger partial charge in [-0.2, -0.15) is 0 Å². The third-order valence-corrected chi connectivity index (χ3v) is 6.06. The number of nitrogens with zero attached hydrogens (tertiary/aromatic N) is 3. The summed E-state index contributed by atoms with van der Waals surface area (Å²) in [5.74, 6) is 1.46. The molecule has 0 spiro atoms. The molecular formula is C27H26ClN3O4. The second-order valence-electron chi connectivity index (χ2n) is 7.92. The molecule has 0 aliphatic rings. The molecule has 4 aromatic rings. The summed E-state index contributed by atoms with van der Waals surface area (Å²) in [6.07, 6.45) is 0. The molecule has 1 amide bonds. The maximum absolute atomic E-state index is 13.6. The van der Waals surface area contributed by atoms with Gasteiger partial charge in [0, 0.05) is 11.6 Å². The van der Waals surface area contributed by atoms with E-state index in [1.807, 2.05) is 26.0 Å². The average Bonchev–Trinajstić information content (AvgIpc) is 2.89. The molecule has 35 heavy (non-hydrogen) atoms. The van der Waals surface area contributed by atoms with Gasteiger partial charge in [-0.05, 0) is 74.5 Å². The van der Waals surface area contributed by atoms with E-state index in [0.717, 1.165) is 0 Å². The predicted octanol–water partition coefficient (Wildman–Crippen LogP) is 5.04. The van der Waals surface area contributed by atoms with E-state index in [1.165, 1.54) is 0 Å². The normalized spacial score (nSPS) is 11.8. The Balaban J connectivity index is 1.72. The zero-order valence-electron chi connectivity index (χ0n) is 19.8. The van der Waals surface area contributed by atoms with E-state index in [9.17, 15) is 9.59 Å². The van der Waals surface area contributed by atoms with Crippen molar-refractivity contribution in [1.82, 2.24) is 14.5 Å². The molecule has 0 saturated heterocycles. The van der Waals surface area contributed by atoms with Crippen molar-refractivity contribution in [3.05, 3.63) is 94.0 Å². The summed E-state index contributed by atoms with van der Waals surface area (Å²) < 4.78 is 12.5. The van der Waals surface area contributed by atoms with E-state index in [-0.39, 0.29) is 18.1 Å². The number of hydrogen-bond acceptors (Lipinski definition) is 5. The highest BCUT2D eigenvalue weighted by Crippen LogP contribution is 2.24. The number of para-hydroxylation sites is 1. The summed E-state index contributed by atoms with van der Waals surface area (Å²) in [6, 6.07) is 20.7. The lowest BCUT2D eigenvalue weighted by molar-refractivity contribution is -0.135. The van der Waals surface area contributed by atoms with Crippen molar-refractivity contribution in [2.45, 2.75) is 19.9 Å². The Labute approximate surface area is 208 Å². The molecule has 1 unspecified atom stereocenters. The Hall–Kier alpha value is -3.84. The Kier molecular flexibility index (Phi) is 7.36. The van der Waals surface area contributed by atoms with Gasteiger partial charge in [-0.15, -0.1) is 0 Å². The molecule has 180 valence electrons. The van der Waals surface area contributed by atoms with Crippen LogP contribution in [0, 0.1) is 0 Å². The Bertz CT molecular complexity index is 1380. The van der Waals surface area contributed by atoms with Crippen molar-refractivity contribution < 1.29 is 14.3 Å². The van der Waals surface area contributed by atoms with Gasteiger partial charge < -0.3 is 14.4 Å². The van der Waals surface area contributed by atoms with Gasteiger partial charge in [0.1, 0.15) is 17.3 Å². The quantitative estimate of drug-likeness (QED) is 0.345. The van der Waals surface area contributed by atoms with Crippen molar-refractivity contribution in [2.24, 2.45) is 0 Å². The van der Waals surface area contributed by atoms with Gasteiger partial charge in [-0.1, -0.05) is 23.7 Å². The van der Waals surface area contributed by atoms with E-state index in [4.69, 9.17) is 26.1 Å². The molecule has 0 N–H and O–H groups in total. The number of fused-ring (bicyclic) bond motifs is 1. The van der Waals surface area contributed by atoms with Crippen LogP contribution in [-0.4, -0.2) is 40.6 Å². The van der Waals surface area contributed by atoms with Crippen LogP contribution in [0.15, 0.2) is 77.6 Å². The molecule has 8 heteroatoms. The minimum absolute atomic E-state index is 0.153. The first-order valence-electron chi connectivity index (χ1n) is 11.3. The van der Waals surface area contributed by atoms with E-state index in [2.05, 4.69) is 0 Å². The van der Waals surface area contributed by atoms with Gasteiger partial charge in [0.05, 0.1) is 29.7 Å². The number of halogens is 1. The fourth-order valence-corrected chi connectivity index (χ4v) is 4.10. The summed E-state index contributed by atoms with van der Waals surface area (Å²) in [5.41, 5.74) is 1.00. The van der Waals surface area contributed by atoms with Crippen LogP contribution < -0.4 is 15.0 Å². The number of benzene rings is 3. The van der Waals surface area contributed by atoms with Crippen molar-refractivity contribution in [3.63, 3.8) is 0 Å². The number of aromatic nitrogens is 2. The molecule has 3 aromatic carbocycles. The van der Waals surface area contributed by atoms with Crippen LogP contribution >= 0.6 is 11.6 Å². The number of carbonyl (C=O) groups is 1. The topological polar surface area (TPSA) is 73.7 Å². The molecule has 0 aliphatic heterocycles. The summed E-state index contributed by atoms with van der Waals surface area (Å²) in [7, 11) is 1.59. The van der Waals surface area contributed by atoms with Crippen LogP contribution in [0.5, 0.6) is 11.5 Å². The highest BCUT2D eigenvalue weighted by molar-refractivity contribution is 6.30. The number of rotatable bonds is 8. The van der Waals surface area contributed by atoms with Crippen LogP contribution in [0.1, 0.15) is 25.7 Å². The largest absolute Gasteiger partial charge is 0.497 e. The first-order valence-corrected chi connectivity index (χ1v) is 11.6. The lowest BCUT2D eigenvalue weighted by atomic mass is 10.1. The molecule has 0 saturated carbocycles. The second kappa shape index (κ2) is 10.6. The summed E-state index contributed by atoms with van der Waals surface area (Å²) in [6.45, 7) is 4.00.